The summed E-state index contributed by atoms with van der Waals surface area (Å²) in [5, 5.41) is 24.6. The first-order valence-corrected chi connectivity index (χ1v) is 9.37. The lowest BCUT2D eigenvalue weighted by Gasteiger charge is -2.22. The molecule has 0 unspecified atom stereocenters. The summed E-state index contributed by atoms with van der Waals surface area (Å²) in [6.07, 6.45) is 2.69. The number of aromatic nitrogens is 2. The van der Waals surface area contributed by atoms with Gasteiger partial charge >= 0.3 is 0 Å². The Morgan fingerprint density at radius 3 is 2.68 bits per heavy atom. The van der Waals surface area contributed by atoms with Crippen LogP contribution < -0.4 is 5.32 Å². The number of anilines is 1. The smallest absolute Gasteiger partial charge is 0.139 e. The van der Waals surface area contributed by atoms with Crippen LogP contribution in [0.1, 0.15) is 41.3 Å². The first-order chi connectivity index (χ1) is 12.0. The lowest BCUT2D eigenvalue weighted by atomic mass is 10.0. The predicted octanol–water partition coefficient (Wildman–Crippen LogP) is 3.73. The molecule has 0 aliphatic heterocycles. The molecule has 0 bridgehead atoms. The summed E-state index contributed by atoms with van der Waals surface area (Å²) < 4.78 is 0. The Hall–Kier alpha value is -2.18. The van der Waals surface area contributed by atoms with Crippen LogP contribution in [0.2, 0.25) is 0 Å². The molecular weight excluding hydrogens is 334 g/mol. The van der Waals surface area contributed by atoms with E-state index in [1.807, 2.05) is 13.8 Å². The number of nitrogens with one attached hydrogen (secondary N) is 1. The predicted molar refractivity (Wildman–Crippen MR) is 100 cm³/mol. The van der Waals surface area contributed by atoms with E-state index in [2.05, 4.69) is 15.3 Å². The number of aromatic hydroxyl groups is 1. The van der Waals surface area contributed by atoms with E-state index in [1.165, 1.54) is 16.9 Å². The van der Waals surface area contributed by atoms with Gasteiger partial charge in [0.25, 0.3) is 0 Å². The fourth-order valence-electron chi connectivity index (χ4n) is 3.46. The lowest BCUT2D eigenvalue weighted by Crippen LogP contribution is -2.25. The largest absolute Gasteiger partial charge is 0.508 e. The van der Waals surface area contributed by atoms with Crippen molar-refractivity contribution in [3.05, 3.63) is 46.1 Å². The second-order valence-electron chi connectivity index (χ2n) is 6.63. The lowest BCUT2D eigenvalue weighted by molar-refractivity contribution is 0.160. The monoisotopic (exact) mass is 355 g/mol. The van der Waals surface area contributed by atoms with Crippen molar-refractivity contribution in [3.63, 3.8) is 0 Å². The van der Waals surface area contributed by atoms with Gasteiger partial charge < -0.3 is 15.5 Å². The SMILES string of the molecule is Cc1nc(N[C@H](C)[C@@H](O)c2ccc(O)cc2)c2c3c(sc2n1)CCC3. The molecule has 0 saturated heterocycles. The maximum atomic E-state index is 10.6. The van der Waals surface area contributed by atoms with Gasteiger partial charge in [-0.15, -0.1) is 11.3 Å². The zero-order chi connectivity index (χ0) is 17.6. The van der Waals surface area contributed by atoms with Crippen LogP contribution in [0, 0.1) is 6.92 Å². The van der Waals surface area contributed by atoms with Crippen LogP contribution in [0.4, 0.5) is 5.82 Å². The Kier molecular flexibility index (Phi) is 4.09. The van der Waals surface area contributed by atoms with Crippen molar-refractivity contribution in [1.29, 1.82) is 0 Å². The zero-order valence-electron chi connectivity index (χ0n) is 14.3. The van der Waals surface area contributed by atoms with Crippen molar-refractivity contribution in [1.82, 2.24) is 9.97 Å². The molecule has 25 heavy (non-hydrogen) atoms. The van der Waals surface area contributed by atoms with Gasteiger partial charge in [0.1, 0.15) is 22.2 Å². The highest BCUT2D eigenvalue weighted by molar-refractivity contribution is 7.19. The first-order valence-electron chi connectivity index (χ1n) is 8.55. The Bertz CT molecular complexity index is 921. The second-order valence-corrected chi connectivity index (χ2v) is 7.71. The van der Waals surface area contributed by atoms with Crippen LogP contribution in [0.25, 0.3) is 10.2 Å². The fourth-order valence-corrected chi connectivity index (χ4v) is 4.77. The minimum Gasteiger partial charge on any atom is -0.508 e. The quantitative estimate of drug-likeness (QED) is 0.665. The van der Waals surface area contributed by atoms with Crippen LogP contribution in [-0.4, -0.2) is 26.2 Å². The average Bonchev–Trinajstić information content (AvgIpc) is 3.15. The van der Waals surface area contributed by atoms with E-state index in [1.54, 1.807) is 35.6 Å². The standard InChI is InChI=1S/C19H21N3O2S/c1-10(17(24)12-6-8-13(23)9-7-12)20-18-16-14-4-3-5-15(14)25-19(16)22-11(2)21-18/h6-10,17,23-24H,3-5H2,1-2H3,(H,20,21,22)/t10-,17-/m1/s1. The Labute approximate surface area is 150 Å². The maximum Gasteiger partial charge on any atom is 0.139 e. The number of benzene rings is 1. The molecule has 1 aliphatic rings. The zero-order valence-corrected chi connectivity index (χ0v) is 15.1. The molecule has 0 amide bonds. The van der Waals surface area contributed by atoms with Crippen molar-refractivity contribution in [2.24, 2.45) is 0 Å². The van der Waals surface area contributed by atoms with Gasteiger partial charge in [0, 0.05) is 4.88 Å². The number of thiophene rings is 1. The topological polar surface area (TPSA) is 78.3 Å². The van der Waals surface area contributed by atoms with E-state index >= 15 is 0 Å². The molecule has 3 N–H and O–H groups in total. The highest BCUT2D eigenvalue weighted by Crippen LogP contribution is 2.40. The molecule has 3 aromatic rings. The van der Waals surface area contributed by atoms with Crippen LogP contribution in [0.15, 0.2) is 24.3 Å². The number of aliphatic hydroxyl groups is 1. The Morgan fingerprint density at radius 2 is 1.92 bits per heavy atom. The number of hydrogen-bond donors (Lipinski definition) is 3. The fraction of sp³-hybridized carbons (Fsp3) is 0.368. The molecule has 1 aromatic carbocycles. The molecule has 130 valence electrons. The van der Waals surface area contributed by atoms with E-state index in [0.29, 0.717) is 0 Å². The van der Waals surface area contributed by atoms with E-state index < -0.39 is 6.10 Å². The molecule has 2 aromatic heterocycles. The van der Waals surface area contributed by atoms with Gasteiger partial charge in [-0.1, -0.05) is 12.1 Å². The van der Waals surface area contributed by atoms with Crippen molar-refractivity contribution in [2.45, 2.75) is 45.3 Å². The summed E-state index contributed by atoms with van der Waals surface area (Å²) in [4.78, 5) is 11.7. The minimum absolute atomic E-state index is 0.193. The van der Waals surface area contributed by atoms with E-state index in [0.717, 1.165) is 40.3 Å². The number of nitrogens with zero attached hydrogens (tertiary/aromatic N) is 2. The summed E-state index contributed by atoms with van der Waals surface area (Å²) in [5.74, 6) is 1.74. The van der Waals surface area contributed by atoms with E-state index in [9.17, 15) is 10.2 Å². The summed E-state index contributed by atoms with van der Waals surface area (Å²) in [6, 6.07) is 6.43. The van der Waals surface area contributed by atoms with Gasteiger partial charge in [0.2, 0.25) is 0 Å². The molecule has 5 nitrogen and oxygen atoms in total. The number of aliphatic hydroxyl groups excluding tert-OH is 1. The molecule has 6 heteroatoms. The summed E-state index contributed by atoms with van der Waals surface area (Å²) in [7, 11) is 0. The number of hydrogen-bond acceptors (Lipinski definition) is 6. The second kappa shape index (κ2) is 6.28. The summed E-state index contributed by atoms with van der Waals surface area (Å²) in [5.41, 5.74) is 2.13. The first kappa shape index (κ1) is 16.3. The third-order valence-corrected chi connectivity index (χ3v) is 5.93. The van der Waals surface area contributed by atoms with Crippen LogP contribution in [0.5, 0.6) is 5.75 Å². The Morgan fingerprint density at radius 1 is 1.16 bits per heavy atom. The molecule has 4 rings (SSSR count). The molecule has 0 spiro atoms. The Balaban J connectivity index is 1.66. The number of rotatable bonds is 4. The number of phenols is 1. The molecular formula is C19H21N3O2S. The highest BCUT2D eigenvalue weighted by Gasteiger charge is 2.24. The van der Waals surface area contributed by atoms with Gasteiger partial charge in [0.05, 0.1) is 17.5 Å². The van der Waals surface area contributed by atoms with Gasteiger partial charge in [0.15, 0.2) is 0 Å². The third-order valence-electron chi connectivity index (χ3n) is 4.75. The number of aryl methyl sites for hydroxylation is 3. The van der Waals surface area contributed by atoms with Gasteiger partial charge in [-0.25, -0.2) is 9.97 Å². The number of fused-ring (bicyclic) bond motifs is 3. The van der Waals surface area contributed by atoms with Crippen LogP contribution >= 0.6 is 11.3 Å². The van der Waals surface area contributed by atoms with E-state index in [4.69, 9.17) is 0 Å². The minimum atomic E-state index is -0.697. The normalized spacial score (nSPS) is 16.0. The molecule has 2 heterocycles. The van der Waals surface area contributed by atoms with Crippen molar-refractivity contribution >= 4 is 27.4 Å². The molecule has 1 aliphatic carbocycles. The molecule has 2 atom stereocenters. The number of phenolic OH excluding ortho intramolecular Hbond substituents is 1. The average molecular weight is 355 g/mol. The van der Waals surface area contributed by atoms with Crippen LogP contribution in [-0.2, 0) is 12.8 Å². The third kappa shape index (κ3) is 2.96. The maximum absolute atomic E-state index is 10.6. The van der Waals surface area contributed by atoms with Crippen molar-refractivity contribution in [2.75, 3.05) is 5.32 Å². The van der Waals surface area contributed by atoms with E-state index in [-0.39, 0.29) is 11.8 Å². The van der Waals surface area contributed by atoms with Crippen molar-refractivity contribution < 1.29 is 10.2 Å². The molecule has 0 saturated carbocycles. The summed E-state index contributed by atoms with van der Waals surface area (Å²) >= 11 is 1.77. The van der Waals surface area contributed by atoms with Gasteiger partial charge in [-0.3, -0.25) is 0 Å². The summed E-state index contributed by atoms with van der Waals surface area (Å²) in [6.45, 7) is 3.84. The molecule has 0 radical (unpaired) electrons. The van der Waals surface area contributed by atoms with Gasteiger partial charge in [-0.05, 0) is 56.4 Å². The van der Waals surface area contributed by atoms with Crippen LogP contribution in [0.3, 0.4) is 0 Å². The molecule has 0 fully saturated rings. The van der Waals surface area contributed by atoms with Gasteiger partial charge in [-0.2, -0.15) is 0 Å². The van der Waals surface area contributed by atoms with Crippen molar-refractivity contribution in [3.8, 4) is 5.75 Å². The highest BCUT2D eigenvalue weighted by atomic mass is 32.1.